The Morgan fingerprint density at radius 3 is 2.63 bits per heavy atom. The van der Waals surface area contributed by atoms with Crippen LogP contribution in [0.4, 0.5) is 0 Å². The monoisotopic (exact) mass is 525 g/mol. The van der Waals surface area contributed by atoms with E-state index in [0.717, 1.165) is 55.6 Å². The van der Waals surface area contributed by atoms with Gasteiger partial charge in [-0.3, -0.25) is 0 Å². The van der Waals surface area contributed by atoms with E-state index in [0.29, 0.717) is 19.8 Å². The number of hydrogen-bond acceptors (Lipinski definition) is 4. The molecule has 1 heterocycles. The molecule has 0 amide bonds. The fourth-order valence-electron chi connectivity index (χ4n) is 3.17. The van der Waals surface area contributed by atoms with Crippen molar-refractivity contribution in [3.05, 3.63) is 59.2 Å². The third-order valence-corrected chi connectivity index (χ3v) is 4.70. The Hall–Kier alpha value is -2.00. The predicted molar refractivity (Wildman–Crippen MR) is 131 cm³/mol. The van der Waals surface area contributed by atoms with Gasteiger partial charge in [-0.05, 0) is 48.2 Å². The van der Waals surface area contributed by atoms with E-state index in [1.165, 1.54) is 11.1 Å². The highest BCUT2D eigenvalue weighted by atomic mass is 127. The molecule has 2 aromatic carbocycles. The van der Waals surface area contributed by atoms with E-state index in [9.17, 15) is 0 Å². The molecular formula is C23H32IN3O3. The number of halogens is 1. The largest absolute Gasteiger partial charge is 0.493 e. The summed E-state index contributed by atoms with van der Waals surface area (Å²) in [6, 6.07) is 14.5. The minimum atomic E-state index is 0. The Labute approximate surface area is 196 Å². The van der Waals surface area contributed by atoms with E-state index < -0.39 is 0 Å². The highest BCUT2D eigenvalue weighted by molar-refractivity contribution is 14.0. The highest BCUT2D eigenvalue weighted by Crippen LogP contribution is 2.25. The molecule has 0 aromatic heterocycles. The molecule has 164 valence electrons. The molecule has 0 saturated heterocycles. The van der Waals surface area contributed by atoms with Crippen LogP contribution >= 0.6 is 24.0 Å². The summed E-state index contributed by atoms with van der Waals surface area (Å²) in [5.41, 5.74) is 3.78. The lowest BCUT2D eigenvalue weighted by atomic mass is 10.1. The SMILES string of the molecule is CCNC(=NCc1ccc(OCCOC)cc1)NCCc1ccc2c(c1)CCO2.I. The normalized spacial score (nSPS) is 12.5. The fourth-order valence-corrected chi connectivity index (χ4v) is 3.17. The number of rotatable bonds is 10. The molecule has 2 N–H and O–H groups in total. The van der Waals surface area contributed by atoms with Gasteiger partial charge in [-0.1, -0.05) is 24.3 Å². The summed E-state index contributed by atoms with van der Waals surface area (Å²) in [7, 11) is 1.67. The van der Waals surface area contributed by atoms with Crippen LogP contribution in [0, 0.1) is 0 Å². The minimum Gasteiger partial charge on any atom is -0.493 e. The molecule has 0 fully saturated rings. The lowest BCUT2D eigenvalue weighted by molar-refractivity contribution is 0.146. The maximum absolute atomic E-state index is 5.60. The Morgan fingerprint density at radius 1 is 1.07 bits per heavy atom. The van der Waals surface area contributed by atoms with Crippen molar-refractivity contribution in [2.75, 3.05) is 40.0 Å². The number of nitrogens with zero attached hydrogens (tertiary/aromatic N) is 1. The summed E-state index contributed by atoms with van der Waals surface area (Å²) in [4.78, 5) is 4.69. The van der Waals surface area contributed by atoms with Crippen LogP contribution < -0.4 is 20.1 Å². The van der Waals surface area contributed by atoms with Gasteiger partial charge in [-0.2, -0.15) is 0 Å². The molecule has 7 heteroatoms. The van der Waals surface area contributed by atoms with Gasteiger partial charge in [0.05, 0.1) is 19.8 Å². The predicted octanol–water partition coefficient (Wildman–Crippen LogP) is 3.56. The number of aliphatic imine (C=N–C) groups is 1. The van der Waals surface area contributed by atoms with Crippen molar-refractivity contribution < 1.29 is 14.2 Å². The first kappa shape index (κ1) is 24.3. The molecule has 0 unspecified atom stereocenters. The fraction of sp³-hybridized carbons (Fsp3) is 0.435. The second-order valence-corrected chi connectivity index (χ2v) is 6.90. The number of hydrogen-bond donors (Lipinski definition) is 2. The average Bonchev–Trinajstić information content (AvgIpc) is 3.21. The third kappa shape index (κ3) is 7.68. The van der Waals surface area contributed by atoms with E-state index in [1.54, 1.807) is 7.11 Å². The summed E-state index contributed by atoms with van der Waals surface area (Å²) in [6.07, 6.45) is 1.96. The van der Waals surface area contributed by atoms with Gasteiger partial charge in [-0.25, -0.2) is 4.99 Å². The first-order valence-electron chi connectivity index (χ1n) is 10.3. The Balaban J connectivity index is 0.00000320. The van der Waals surface area contributed by atoms with Crippen LogP contribution in [0.25, 0.3) is 0 Å². The minimum absolute atomic E-state index is 0. The van der Waals surface area contributed by atoms with Crippen molar-refractivity contribution in [3.63, 3.8) is 0 Å². The van der Waals surface area contributed by atoms with Crippen molar-refractivity contribution >= 4 is 29.9 Å². The summed E-state index contributed by atoms with van der Waals surface area (Å²) in [5, 5.41) is 6.73. The van der Waals surface area contributed by atoms with Gasteiger partial charge in [0.15, 0.2) is 5.96 Å². The number of fused-ring (bicyclic) bond motifs is 1. The van der Waals surface area contributed by atoms with Gasteiger partial charge in [0.25, 0.3) is 0 Å². The Bertz CT molecular complexity index is 797. The topological polar surface area (TPSA) is 64.1 Å². The summed E-state index contributed by atoms with van der Waals surface area (Å²) in [6.45, 7) is 6.29. The van der Waals surface area contributed by atoms with Crippen LogP contribution in [0.5, 0.6) is 11.5 Å². The van der Waals surface area contributed by atoms with Gasteiger partial charge < -0.3 is 24.8 Å². The van der Waals surface area contributed by atoms with Crippen LogP contribution in [-0.4, -0.2) is 46.0 Å². The molecule has 0 bridgehead atoms. The molecule has 0 spiro atoms. The molecule has 1 aliphatic rings. The first-order chi connectivity index (χ1) is 14.3. The van der Waals surface area contributed by atoms with E-state index >= 15 is 0 Å². The average molecular weight is 525 g/mol. The zero-order valence-electron chi connectivity index (χ0n) is 17.8. The van der Waals surface area contributed by atoms with Crippen molar-refractivity contribution in [1.29, 1.82) is 0 Å². The molecular weight excluding hydrogens is 493 g/mol. The zero-order valence-corrected chi connectivity index (χ0v) is 20.1. The molecule has 0 radical (unpaired) electrons. The van der Waals surface area contributed by atoms with Crippen LogP contribution in [0.15, 0.2) is 47.5 Å². The van der Waals surface area contributed by atoms with Crippen molar-refractivity contribution in [3.8, 4) is 11.5 Å². The quantitative estimate of drug-likeness (QED) is 0.215. The lowest BCUT2D eigenvalue weighted by Crippen LogP contribution is -2.38. The third-order valence-electron chi connectivity index (χ3n) is 4.70. The number of ether oxygens (including phenoxy) is 3. The van der Waals surface area contributed by atoms with Gasteiger partial charge >= 0.3 is 0 Å². The van der Waals surface area contributed by atoms with E-state index in [-0.39, 0.29) is 24.0 Å². The van der Waals surface area contributed by atoms with E-state index in [2.05, 4.69) is 35.8 Å². The van der Waals surface area contributed by atoms with E-state index in [4.69, 9.17) is 19.2 Å². The van der Waals surface area contributed by atoms with Crippen LogP contribution in [0.2, 0.25) is 0 Å². The summed E-state index contributed by atoms with van der Waals surface area (Å²) >= 11 is 0. The molecule has 6 nitrogen and oxygen atoms in total. The van der Waals surface area contributed by atoms with E-state index in [1.807, 2.05) is 24.3 Å². The highest BCUT2D eigenvalue weighted by Gasteiger charge is 2.11. The number of guanidine groups is 1. The van der Waals surface area contributed by atoms with Crippen LogP contribution in [0.1, 0.15) is 23.6 Å². The zero-order chi connectivity index (χ0) is 20.3. The molecule has 0 aliphatic carbocycles. The number of methoxy groups -OCH3 is 1. The maximum atomic E-state index is 5.60. The summed E-state index contributed by atoms with van der Waals surface area (Å²) < 4.78 is 16.2. The standard InChI is InChI=1S/C23H31N3O3.HI/c1-3-24-23(25-12-10-18-6-9-22-20(16-18)11-13-29-22)26-17-19-4-7-21(8-5-19)28-15-14-27-2;/h4-9,16H,3,10-15,17H2,1-2H3,(H2,24,25,26);1H. The van der Waals surface area contributed by atoms with Crippen molar-refractivity contribution in [1.82, 2.24) is 10.6 Å². The molecule has 1 aliphatic heterocycles. The van der Waals surface area contributed by atoms with Gasteiger partial charge in [-0.15, -0.1) is 24.0 Å². The molecule has 0 saturated carbocycles. The molecule has 2 aromatic rings. The van der Waals surface area contributed by atoms with Gasteiger partial charge in [0, 0.05) is 26.6 Å². The van der Waals surface area contributed by atoms with Crippen LogP contribution in [-0.2, 0) is 24.1 Å². The summed E-state index contributed by atoms with van der Waals surface area (Å²) in [5.74, 6) is 2.71. The molecule has 0 atom stereocenters. The van der Waals surface area contributed by atoms with Gasteiger partial charge in [0.1, 0.15) is 18.1 Å². The maximum Gasteiger partial charge on any atom is 0.191 e. The second-order valence-electron chi connectivity index (χ2n) is 6.90. The molecule has 30 heavy (non-hydrogen) atoms. The smallest absolute Gasteiger partial charge is 0.191 e. The van der Waals surface area contributed by atoms with Crippen molar-refractivity contribution in [2.24, 2.45) is 4.99 Å². The number of nitrogens with one attached hydrogen (secondary N) is 2. The molecule has 3 rings (SSSR count). The second kappa shape index (κ2) is 13.3. The van der Waals surface area contributed by atoms with Crippen LogP contribution in [0.3, 0.4) is 0 Å². The Kier molecular flexibility index (Phi) is 10.8. The van der Waals surface area contributed by atoms with Crippen molar-refractivity contribution in [2.45, 2.75) is 26.3 Å². The van der Waals surface area contributed by atoms with Gasteiger partial charge in [0.2, 0.25) is 0 Å². The Morgan fingerprint density at radius 2 is 1.87 bits per heavy atom. The lowest BCUT2D eigenvalue weighted by Gasteiger charge is -2.12. The first-order valence-corrected chi connectivity index (χ1v) is 10.3. The number of benzene rings is 2.